The van der Waals surface area contributed by atoms with Crippen molar-refractivity contribution in [3.8, 4) is 11.1 Å². The van der Waals surface area contributed by atoms with Crippen LogP contribution in [0.25, 0.3) is 11.1 Å². The first-order chi connectivity index (χ1) is 13.0. The van der Waals surface area contributed by atoms with Crippen molar-refractivity contribution < 1.29 is 19.1 Å². The minimum atomic E-state index is -0.524. The highest BCUT2D eigenvalue weighted by Gasteiger charge is 2.27. The Morgan fingerprint density at radius 1 is 0.889 bits per heavy atom. The van der Waals surface area contributed by atoms with Crippen LogP contribution in [0.4, 0.5) is 5.69 Å². The second-order valence-corrected chi connectivity index (χ2v) is 6.63. The standard InChI is InChI=1S/C21H24N2O4/c1-13-17(20(24)26-3)19(18(14(2)22-13)21(25)27-4)15-7-9-16(10-8-15)23-11-5-6-12-23/h7-10H,5-6,11-12H2,1-4H3. The summed E-state index contributed by atoms with van der Waals surface area (Å²) in [5.41, 5.74) is 4.02. The van der Waals surface area contributed by atoms with E-state index in [2.05, 4.69) is 9.88 Å². The summed E-state index contributed by atoms with van der Waals surface area (Å²) < 4.78 is 9.91. The van der Waals surface area contributed by atoms with Gasteiger partial charge in [-0.3, -0.25) is 4.98 Å². The predicted molar refractivity (Wildman–Crippen MR) is 103 cm³/mol. The van der Waals surface area contributed by atoms with Gasteiger partial charge in [-0.1, -0.05) is 12.1 Å². The van der Waals surface area contributed by atoms with Gasteiger partial charge in [-0.15, -0.1) is 0 Å². The van der Waals surface area contributed by atoms with E-state index in [9.17, 15) is 9.59 Å². The lowest BCUT2D eigenvalue weighted by Crippen LogP contribution is -2.17. The fraction of sp³-hybridized carbons (Fsp3) is 0.381. The van der Waals surface area contributed by atoms with Gasteiger partial charge in [-0.2, -0.15) is 0 Å². The van der Waals surface area contributed by atoms with Crippen molar-refractivity contribution in [2.24, 2.45) is 0 Å². The molecule has 6 nitrogen and oxygen atoms in total. The van der Waals surface area contributed by atoms with Gasteiger partial charge < -0.3 is 14.4 Å². The molecule has 0 atom stereocenters. The fourth-order valence-corrected chi connectivity index (χ4v) is 3.66. The Morgan fingerprint density at radius 3 is 1.81 bits per heavy atom. The van der Waals surface area contributed by atoms with E-state index in [0.717, 1.165) is 24.3 Å². The fourth-order valence-electron chi connectivity index (χ4n) is 3.66. The van der Waals surface area contributed by atoms with E-state index < -0.39 is 11.9 Å². The molecule has 0 radical (unpaired) electrons. The monoisotopic (exact) mass is 368 g/mol. The highest BCUT2D eigenvalue weighted by molar-refractivity contribution is 6.07. The van der Waals surface area contributed by atoms with Crippen LogP contribution in [0.1, 0.15) is 44.9 Å². The molecular formula is C21H24N2O4. The molecule has 1 aromatic heterocycles. The Balaban J connectivity index is 2.19. The van der Waals surface area contributed by atoms with Gasteiger partial charge in [0.15, 0.2) is 0 Å². The van der Waals surface area contributed by atoms with Gasteiger partial charge >= 0.3 is 11.9 Å². The lowest BCUT2D eigenvalue weighted by molar-refractivity contribution is 0.0599. The Kier molecular flexibility index (Phi) is 5.44. The number of methoxy groups -OCH3 is 2. The molecule has 0 unspecified atom stereocenters. The summed E-state index contributed by atoms with van der Waals surface area (Å²) in [6.07, 6.45) is 2.40. The highest BCUT2D eigenvalue weighted by atomic mass is 16.5. The Morgan fingerprint density at radius 2 is 1.37 bits per heavy atom. The molecule has 0 saturated carbocycles. The van der Waals surface area contributed by atoms with E-state index in [1.54, 1.807) is 13.8 Å². The van der Waals surface area contributed by atoms with Gasteiger partial charge in [0.2, 0.25) is 0 Å². The first-order valence-corrected chi connectivity index (χ1v) is 9.01. The second kappa shape index (κ2) is 7.78. The molecule has 0 aliphatic carbocycles. The first-order valence-electron chi connectivity index (χ1n) is 9.01. The lowest BCUT2D eigenvalue weighted by Gasteiger charge is -2.20. The summed E-state index contributed by atoms with van der Waals surface area (Å²) in [5, 5.41) is 0. The van der Waals surface area contributed by atoms with Gasteiger partial charge in [-0.05, 0) is 44.4 Å². The van der Waals surface area contributed by atoms with Crippen LogP contribution in [-0.4, -0.2) is 44.2 Å². The quantitative estimate of drug-likeness (QED) is 0.769. The smallest absolute Gasteiger partial charge is 0.340 e. The number of nitrogens with zero attached hydrogens (tertiary/aromatic N) is 2. The number of esters is 2. The topological polar surface area (TPSA) is 68.7 Å². The first kappa shape index (κ1) is 18.9. The number of benzene rings is 1. The molecule has 142 valence electrons. The molecule has 1 fully saturated rings. The molecule has 1 aliphatic heterocycles. The molecule has 0 bridgehead atoms. The molecule has 0 N–H and O–H groups in total. The molecule has 6 heteroatoms. The number of carbonyl (C=O) groups is 2. The van der Waals surface area contributed by atoms with Crippen LogP contribution < -0.4 is 4.90 Å². The van der Waals surface area contributed by atoms with Crippen molar-refractivity contribution in [2.75, 3.05) is 32.2 Å². The number of pyridine rings is 1. The third kappa shape index (κ3) is 3.52. The number of carbonyl (C=O) groups excluding carboxylic acids is 2. The highest BCUT2D eigenvalue weighted by Crippen LogP contribution is 2.34. The van der Waals surface area contributed by atoms with Gasteiger partial charge in [0.25, 0.3) is 0 Å². The zero-order valence-corrected chi connectivity index (χ0v) is 16.2. The van der Waals surface area contributed by atoms with Crippen LogP contribution in [0.2, 0.25) is 0 Å². The Bertz CT molecular complexity index is 828. The van der Waals surface area contributed by atoms with E-state index in [1.807, 2.05) is 24.3 Å². The van der Waals surface area contributed by atoms with Crippen molar-refractivity contribution in [3.63, 3.8) is 0 Å². The molecule has 2 aromatic rings. The number of anilines is 1. The van der Waals surface area contributed by atoms with Crippen molar-refractivity contribution in [1.29, 1.82) is 0 Å². The van der Waals surface area contributed by atoms with Crippen LogP contribution >= 0.6 is 0 Å². The van der Waals surface area contributed by atoms with Crippen molar-refractivity contribution in [1.82, 2.24) is 4.98 Å². The molecule has 1 aromatic carbocycles. The number of aromatic nitrogens is 1. The number of ether oxygens (including phenoxy) is 2. The van der Waals surface area contributed by atoms with Gasteiger partial charge in [0.1, 0.15) is 0 Å². The van der Waals surface area contributed by atoms with Gasteiger partial charge in [-0.25, -0.2) is 9.59 Å². The summed E-state index contributed by atoms with van der Waals surface area (Å²) in [7, 11) is 2.64. The number of hydrogen-bond donors (Lipinski definition) is 0. The minimum absolute atomic E-state index is 0.289. The lowest BCUT2D eigenvalue weighted by atomic mass is 9.92. The molecule has 1 aliphatic rings. The zero-order chi connectivity index (χ0) is 19.6. The third-order valence-corrected chi connectivity index (χ3v) is 4.97. The minimum Gasteiger partial charge on any atom is -0.465 e. The van der Waals surface area contributed by atoms with Crippen molar-refractivity contribution >= 4 is 17.6 Å². The summed E-state index contributed by atoms with van der Waals surface area (Å²) >= 11 is 0. The van der Waals surface area contributed by atoms with Crippen LogP contribution in [-0.2, 0) is 9.47 Å². The van der Waals surface area contributed by atoms with Crippen LogP contribution in [0.15, 0.2) is 24.3 Å². The number of rotatable bonds is 4. The Labute approximate surface area is 159 Å². The number of hydrogen-bond acceptors (Lipinski definition) is 6. The molecule has 3 rings (SSSR count). The summed E-state index contributed by atoms with van der Waals surface area (Å²) in [5.74, 6) is -1.05. The molecular weight excluding hydrogens is 344 g/mol. The van der Waals surface area contributed by atoms with E-state index in [1.165, 1.54) is 27.1 Å². The normalized spacial score (nSPS) is 13.6. The summed E-state index contributed by atoms with van der Waals surface area (Å²) in [6.45, 7) is 5.58. The average molecular weight is 368 g/mol. The van der Waals surface area contributed by atoms with Gasteiger partial charge in [0, 0.05) is 24.3 Å². The largest absolute Gasteiger partial charge is 0.465 e. The van der Waals surface area contributed by atoms with Crippen molar-refractivity contribution in [3.05, 3.63) is 46.8 Å². The average Bonchev–Trinajstić information content (AvgIpc) is 3.21. The van der Waals surface area contributed by atoms with Crippen molar-refractivity contribution in [2.45, 2.75) is 26.7 Å². The molecule has 2 heterocycles. The Hall–Kier alpha value is -2.89. The molecule has 27 heavy (non-hydrogen) atoms. The molecule has 0 amide bonds. The van der Waals surface area contributed by atoms with Crippen LogP contribution in [0.3, 0.4) is 0 Å². The number of aryl methyl sites for hydroxylation is 2. The maximum Gasteiger partial charge on any atom is 0.340 e. The molecule has 1 saturated heterocycles. The SMILES string of the molecule is COC(=O)c1c(C)nc(C)c(C(=O)OC)c1-c1ccc(N2CCCC2)cc1. The predicted octanol–water partition coefficient (Wildman–Crippen LogP) is 3.54. The van der Waals surface area contributed by atoms with E-state index >= 15 is 0 Å². The van der Waals surface area contributed by atoms with Crippen LogP contribution in [0, 0.1) is 13.8 Å². The zero-order valence-electron chi connectivity index (χ0n) is 16.2. The van der Waals surface area contributed by atoms with E-state index in [4.69, 9.17) is 9.47 Å². The van der Waals surface area contributed by atoms with Gasteiger partial charge in [0.05, 0.1) is 36.7 Å². The maximum absolute atomic E-state index is 12.5. The van der Waals surface area contributed by atoms with E-state index in [-0.39, 0.29) is 11.1 Å². The molecule has 0 spiro atoms. The second-order valence-electron chi connectivity index (χ2n) is 6.63. The summed E-state index contributed by atoms with van der Waals surface area (Å²) in [6, 6.07) is 7.91. The van der Waals surface area contributed by atoms with E-state index in [0.29, 0.717) is 17.0 Å². The third-order valence-electron chi connectivity index (χ3n) is 4.97. The van der Waals surface area contributed by atoms with Crippen LogP contribution in [0.5, 0.6) is 0 Å². The summed E-state index contributed by atoms with van der Waals surface area (Å²) in [4.78, 5) is 31.6. The maximum atomic E-state index is 12.5.